The van der Waals surface area contributed by atoms with Crippen LogP contribution in [0.2, 0.25) is 0 Å². The van der Waals surface area contributed by atoms with Crippen molar-refractivity contribution in [3.8, 4) is 0 Å². The number of benzene rings is 1. The molecule has 1 saturated heterocycles. The van der Waals surface area contributed by atoms with E-state index in [-0.39, 0.29) is 0 Å². The van der Waals surface area contributed by atoms with Crippen LogP contribution in [0, 0.1) is 6.92 Å². The summed E-state index contributed by atoms with van der Waals surface area (Å²) in [5, 5.41) is 3.45. The maximum atomic E-state index is 4.44. The van der Waals surface area contributed by atoms with Crippen molar-refractivity contribution in [2.45, 2.75) is 13.5 Å². The third kappa shape index (κ3) is 3.85. The van der Waals surface area contributed by atoms with Gasteiger partial charge in [0.05, 0.1) is 12.2 Å². The number of rotatable bonds is 3. The molecule has 0 saturated carbocycles. The molecule has 126 valence electrons. The number of hydrogen-bond donors (Lipinski definition) is 1. The van der Waals surface area contributed by atoms with Gasteiger partial charge in [-0.25, -0.2) is 0 Å². The summed E-state index contributed by atoms with van der Waals surface area (Å²) in [4.78, 5) is 13.6. The van der Waals surface area contributed by atoms with Crippen molar-refractivity contribution < 1.29 is 0 Å². The van der Waals surface area contributed by atoms with Crippen molar-refractivity contribution in [3.63, 3.8) is 0 Å². The number of guanidine groups is 1. The molecular weight excluding hydrogens is 298 g/mol. The summed E-state index contributed by atoms with van der Waals surface area (Å²) in [6.07, 6.45) is 1.84. The largest absolute Gasteiger partial charge is 0.368 e. The maximum Gasteiger partial charge on any atom is 0.194 e. The van der Waals surface area contributed by atoms with Crippen LogP contribution in [0.1, 0.15) is 11.3 Å². The Bertz CT molecular complexity index is 675. The van der Waals surface area contributed by atoms with Crippen LogP contribution in [0.25, 0.3) is 0 Å². The number of pyridine rings is 1. The van der Waals surface area contributed by atoms with Gasteiger partial charge in [-0.3, -0.25) is 9.98 Å². The SMILES string of the molecule is CN=C(NCc1ncccc1C)N1CCN(c2ccccc2)CC1. The molecule has 24 heavy (non-hydrogen) atoms. The summed E-state index contributed by atoms with van der Waals surface area (Å²) in [6.45, 7) is 6.75. The van der Waals surface area contributed by atoms with Crippen LogP contribution in [0.3, 0.4) is 0 Å². The summed E-state index contributed by atoms with van der Waals surface area (Å²) in [7, 11) is 1.84. The highest BCUT2D eigenvalue weighted by atomic mass is 15.3. The van der Waals surface area contributed by atoms with Gasteiger partial charge >= 0.3 is 0 Å². The zero-order valence-electron chi connectivity index (χ0n) is 14.4. The highest BCUT2D eigenvalue weighted by Gasteiger charge is 2.19. The summed E-state index contributed by atoms with van der Waals surface area (Å²) in [5.41, 5.74) is 3.57. The minimum Gasteiger partial charge on any atom is -0.368 e. The predicted octanol–water partition coefficient (Wildman–Crippen LogP) is 2.29. The number of aryl methyl sites for hydroxylation is 1. The molecule has 0 unspecified atom stereocenters. The Kier molecular flexibility index (Phi) is 5.31. The van der Waals surface area contributed by atoms with Crippen molar-refractivity contribution in [2.24, 2.45) is 4.99 Å². The molecule has 1 fully saturated rings. The maximum absolute atomic E-state index is 4.44. The molecule has 0 atom stereocenters. The van der Waals surface area contributed by atoms with E-state index in [0.29, 0.717) is 6.54 Å². The van der Waals surface area contributed by atoms with E-state index in [9.17, 15) is 0 Å². The van der Waals surface area contributed by atoms with Crippen molar-refractivity contribution in [1.29, 1.82) is 0 Å². The molecule has 2 heterocycles. The lowest BCUT2D eigenvalue weighted by molar-refractivity contribution is 0.372. The average Bonchev–Trinajstić information content (AvgIpc) is 2.65. The number of aliphatic imine (C=N–C) groups is 1. The van der Waals surface area contributed by atoms with Crippen LogP contribution < -0.4 is 10.2 Å². The van der Waals surface area contributed by atoms with Crippen LogP contribution in [-0.2, 0) is 6.54 Å². The molecule has 3 rings (SSSR count). The van der Waals surface area contributed by atoms with Gasteiger partial charge in [-0.05, 0) is 30.7 Å². The highest BCUT2D eigenvalue weighted by molar-refractivity contribution is 5.80. The minimum atomic E-state index is 0.707. The van der Waals surface area contributed by atoms with E-state index in [1.54, 1.807) is 0 Å². The second kappa shape index (κ2) is 7.81. The molecule has 1 N–H and O–H groups in total. The predicted molar refractivity (Wildman–Crippen MR) is 99.4 cm³/mol. The van der Waals surface area contributed by atoms with Gasteiger partial charge in [-0.15, -0.1) is 0 Å². The van der Waals surface area contributed by atoms with E-state index in [1.807, 2.05) is 19.3 Å². The number of hydrogen-bond acceptors (Lipinski definition) is 3. The van der Waals surface area contributed by atoms with Crippen molar-refractivity contribution in [3.05, 3.63) is 59.9 Å². The fraction of sp³-hybridized carbons (Fsp3) is 0.368. The van der Waals surface area contributed by atoms with Gasteiger partial charge in [-0.2, -0.15) is 0 Å². The Hall–Kier alpha value is -2.56. The first kappa shape index (κ1) is 16.3. The van der Waals surface area contributed by atoms with Gasteiger partial charge < -0.3 is 15.1 Å². The quantitative estimate of drug-likeness (QED) is 0.695. The lowest BCUT2D eigenvalue weighted by Gasteiger charge is -2.37. The van der Waals surface area contributed by atoms with E-state index in [2.05, 4.69) is 68.4 Å². The lowest BCUT2D eigenvalue weighted by atomic mass is 10.2. The molecule has 0 bridgehead atoms. The Labute approximate surface area is 144 Å². The monoisotopic (exact) mass is 323 g/mol. The second-order valence-electron chi connectivity index (χ2n) is 5.98. The number of aromatic nitrogens is 1. The summed E-state index contributed by atoms with van der Waals surface area (Å²) >= 11 is 0. The highest BCUT2D eigenvalue weighted by Crippen LogP contribution is 2.15. The fourth-order valence-electron chi connectivity index (χ4n) is 3.01. The van der Waals surface area contributed by atoms with E-state index < -0.39 is 0 Å². The van der Waals surface area contributed by atoms with Gasteiger partial charge in [0, 0.05) is 45.1 Å². The van der Waals surface area contributed by atoms with Gasteiger partial charge in [0.2, 0.25) is 0 Å². The molecule has 0 spiro atoms. The number of nitrogens with zero attached hydrogens (tertiary/aromatic N) is 4. The zero-order valence-corrected chi connectivity index (χ0v) is 14.4. The molecule has 0 radical (unpaired) electrons. The average molecular weight is 323 g/mol. The number of para-hydroxylation sites is 1. The van der Waals surface area contributed by atoms with Crippen molar-refractivity contribution in [1.82, 2.24) is 15.2 Å². The van der Waals surface area contributed by atoms with Gasteiger partial charge in [0.25, 0.3) is 0 Å². The first-order valence-electron chi connectivity index (χ1n) is 8.44. The number of nitrogens with one attached hydrogen (secondary N) is 1. The van der Waals surface area contributed by atoms with E-state index in [0.717, 1.165) is 37.8 Å². The Morgan fingerprint density at radius 3 is 2.50 bits per heavy atom. The number of anilines is 1. The topological polar surface area (TPSA) is 43.8 Å². The van der Waals surface area contributed by atoms with Gasteiger partial charge in [0.1, 0.15) is 0 Å². The Morgan fingerprint density at radius 2 is 1.83 bits per heavy atom. The minimum absolute atomic E-state index is 0.707. The molecule has 0 amide bonds. The third-order valence-electron chi connectivity index (χ3n) is 4.44. The smallest absolute Gasteiger partial charge is 0.194 e. The zero-order chi connectivity index (χ0) is 16.8. The molecule has 1 aliphatic rings. The molecule has 5 nitrogen and oxygen atoms in total. The molecular formula is C19H25N5. The lowest BCUT2D eigenvalue weighted by Crippen LogP contribution is -2.52. The summed E-state index contributed by atoms with van der Waals surface area (Å²) < 4.78 is 0. The van der Waals surface area contributed by atoms with Gasteiger partial charge in [-0.1, -0.05) is 24.3 Å². The molecule has 2 aromatic rings. The standard InChI is InChI=1S/C19H25N5/c1-16-7-6-10-21-18(16)15-22-19(20-2)24-13-11-23(12-14-24)17-8-4-3-5-9-17/h3-10H,11-15H2,1-2H3,(H,20,22). The Morgan fingerprint density at radius 1 is 1.08 bits per heavy atom. The van der Waals surface area contributed by atoms with Gasteiger partial charge in [0.15, 0.2) is 5.96 Å². The van der Waals surface area contributed by atoms with Crippen LogP contribution in [-0.4, -0.2) is 49.1 Å². The van der Waals surface area contributed by atoms with E-state index >= 15 is 0 Å². The molecule has 1 aromatic carbocycles. The third-order valence-corrected chi connectivity index (χ3v) is 4.44. The molecule has 5 heteroatoms. The first-order valence-corrected chi connectivity index (χ1v) is 8.44. The van der Waals surface area contributed by atoms with Crippen LogP contribution in [0.15, 0.2) is 53.7 Å². The first-order chi connectivity index (χ1) is 11.8. The second-order valence-corrected chi connectivity index (χ2v) is 5.98. The van der Waals surface area contributed by atoms with E-state index in [1.165, 1.54) is 11.3 Å². The normalized spacial score (nSPS) is 15.5. The summed E-state index contributed by atoms with van der Waals surface area (Å²) in [5.74, 6) is 0.952. The van der Waals surface area contributed by atoms with E-state index in [4.69, 9.17) is 0 Å². The van der Waals surface area contributed by atoms with Crippen molar-refractivity contribution in [2.75, 3.05) is 38.1 Å². The summed E-state index contributed by atoms with van der Waals surface area (Å²) in [6, 6.07) is 14.7. The van der Waals surface area contributed by atoms with Crippen LogP contribution >= 0.6 is 0 Å². The molecule has 1 aromatic heterocycles. The van der Waals surface area contributed by atoms with Crippen LogP contribution in [0.5, 0.6) is 0 Å². The molecule has 1 aliphatic heterocycles. The Balaban J connectivity index is 1.55. The number of piperazine rings is 1. The van der Waals surface area contributed by atoms with Crippen LogP contribution in [0.4, 0.5) is 5.69 Å². The van der Waals surface area contributed by atoms with Crippen molar-refractivity contribution >= 4 is 11.6 Å². The fourth-order valence-corrected chi connectivity index (χ4v) is 3.01. The molecule has 0 aliphatic carbocycles.